The number of hydrogen-bond acceptors (Lipinski definition) is 6. The summed E-state index contributed by atoms with van der Waals surface area (Å²) in [5, 5.41) is 21.7. The standard InChI is InChI=1S/C12H11N3O3S/c1-7(16)14-12-15-11(18)10(19-12)6-13-8-3-2-4-9(17)5-8/h2-6,17-18H,1H3,(H,14,15,16). The number of rotatable bonds is 3. The molecule has 0 atom stereocenters. The number of nitrogens with one attached hydrogen (secondary N) is 1. The van der Waals surface area contributed by atoms with Crippen LogP contribution in [-0.2, 0) is 4.79 Å². The zero-order valence-corrected chi connectivity index (χ0v) is 10.8. The Hall–Kier alpha value is -2.41. The average molecular weight is 277 g/mol. The van der Waals surface area contributed by atoms with Gasteiger partial charge in [-0.05, 0) is 12.1 Å². The van der Waals surface area contributed by atoms with E-state index in [1.165, 1.54) is 25.3 Å². The summed E-state index contributed by atoms with van der Waals surface area (Å²) in [4.78, 5) is 19.2. The molecule has 0 spiro atoms. The summed E-state index contributed by atoms with van der Waals surface area (Å²) < 4.78 is 0. The third-order valence-corrected chi connectivity index (χ3v) is 2.97. The summed E-state index contributed by atoms with van der Waals surface area (Å²) in [5.41, 5.74) is 0.550. The van der Waals surface area contributed by atoms with Crippen LogP contribution in [0.2, 0.25) is 0 Å². The number of thiazole rings is 1. The molecule has 6 nitrogen and oxygen atoms in total. The van der Waals surface area contributed by atoms with Gasteiger partial charge in [0.15, 0.2) is 5.13 Å². The molecule has 0 aliphatic carbocycles. The first-order valence-corrected chi connectivity index (χ1v) is 6.17. The Labute approximate surface area is 113 Å². The maximum Gasteiger partial charge on any atom is 0.233 e. The molecule has 3 N–H and O–H groups in total. The number of phenols is 1. The van der Waals surface area contributed by atoms with Crippen LogP contribution in [0.3, 0.4) is 0 Å². The lowest BCUT2D eigenvalue weighted by molar-refractivity contribution is -0.114. The van der Waals surface area contributed by atoms with Crippen molar-refractivity contribution in [3.8, 4) is 11.6 Å². The first-order chi connectivity index (χ1) is 9.04. The highest BCUT2D eigenvalue weighted by Crippen LogP contribution is 2.27. The van der Waals surface area contributed by atoms with Crippen molar-refractivity contribution in [3.05, 3.63) is 29.1 Å². The number of phenolic OH excluding ortho intramolecular Hbond substituents is 1. The van der Waals surface area contributed by atoms with Crippen molar-refractivity contribution in [2.45, 2.75) is 6.92 Å². The van der Waals surface area contributed by atoms with Crippen LogP contribution >= 0.6 is 11.3 Å². The molecule has 19 heavy (non-hydrogen) atoms. The van der Waals surface area contributed by atoms with Gasteiger partial charge in [0, 0.05) is 13.0 Å². The van der Waals surface area contributed by atoms with Gasteiger partial charge in [0.2, 0.25) is 11.8 Å². The molecule has 98 valence electrons. The quantitative estimate of drug-likeness (QED) is 0.750. The number of amides is 1. The summed E-state index contributed by atoms with van der Waals surface area (Å²) in [5.74, 6) is -0.343. The monoisotopic (exact) mass is 277 g/mol. The number of carbonyl (C=O) groups excluding carboxylic acids is 1. The van der Waals surface area contributed by atoms with Gasteiger partial charge in [-0.25, -0.2) is 0 Å². The topological polar surface area (TPSA) is 94.8 Å². The molecule has 0 aliphatic heterocycles. The van der Waals surface area contributed by atoms with Gasteiger partial charge >= 0.3 is 0 Å². The van der Waals surface area contributed by atoms with Gasteiger partial charge in [-0.1, -0.05) is 17.4 Å². The summed E-state index contributed by atoms with van der Waals surface area (Å²) in [7, 11) is 0. The van der Waals surface area contributed by atoms with Gasteiger partial charge in [0.05, 0.1) is 11.9 Å². The Morgan fingerprint density at radius 1 is 1.47 bits per heavy atom. The van der Waals surface area contributed by atoms with Gasteiger partial charge in [0.25, 0.3) is 0 Å². The number of benzene rings is 1. The fraction of sp³-hybridized carbons (Fsp3) is 0.0833. The molecule has 2 rings (SSSR count). The first kappa shape index (κ1) is 13.0. The molecular formula is C12H11N3O3S. The molecule has 0 saturated carbocycles. The van der Waals surface area contributed by atoms with Crippen molar-refractivity contribution in [3.63, 3.8) is 0 Å². The maximum atomic E-state index is 10.9. The van der Waals surface area contributed by atoms with E-state index >= 15 is 0 Å². The van der Waals surface area contributed by atoms with Crippen molar-refractivity contribution >= 4 is 34.3 Å². The second-order valence-electron chi connectivity index (χ2n) is 3.67. The number of nitrogens with zero attached hydrogens (tertiary/aromatic N) is 2. The van der Waals surface area contributed by atoms with E-state index in [0.29, 0.717) is 15.7 Å². The number of anilines is 1. The lowest BCUT2D eigenvalue weighted by atomic mass is 10.3. The summed E-state index contributed by atoms with van der Waals surface area (Å²) >= 11 is 1.11. The molecule has 0 unspecified atom stereocenters. The number of aliphatic imine (C=N–C) groups is 1. The highest BCUT2D eigenvalue weighted by molar-refractivity contribution is 7.17. The molecule has 7 heteroatoms. The minimum atomic E-state index is -0.259. The van der Waals surface area contributed by atoms with Crippen LogP contribution in [0, 0.1) is 0 Å². The van der Waals surface area contributed by atoms with E-state index in [1.54, 1.807) is 12.1 Å². The van der Waals surface area contributed by atoms with E-state index < -0.39 is 0 Å². The van der Waals surface area contributed by atoms with Crippen molar-refractivity contribution in [1.82, 2.24) is 4.98 Å². The van der Waals surface area contributed by atoms with Crippen molar-refractivity contribution in [2.24, 2.45) is 4.99 Å². The molecule has 1 heterocycles. The number of hydrogen-bond donors (Lipinski definition) is 3. The normalized spacial score (nSPS) is 10.8. The van der Waals surface area contributed by atoms with Gasteiger partial charge < -0.3 is 15.5 Å². The van der Waals surface area contributed by atoms with Gasteiger partial charge in [0.1, 0.15) is 10.6 Å². The van der Waals surface area contributed by atoms with E-state index in [2.05, 4.69) is 15.3 Å². The number of aromatic nitrogens is 1. The molecular weight excluding hydrogens is 266 g/mol. The SMILES string of the molecule is CC(=O)Nc1nc(O)c(C=Nc2cccc(O)c2)s1. The Morgan fingerprint density at radius 3 is 2.95 bits per heavy atom. The fourth-order valence-electron chi connectivity index (χ4n) is 1.32. The summed E-state index contributed by atoms with van der Waals surface area (Å²) in [6.45, 7) is 1.36. The lowest BCUT2D eigenvalue weighted by Crippen LogP contribution is -2.04. The minimum absolute atomic E-state index is 0.113. The van der Waals surface area contributed by atoms with Crippen molar-refractivity contribution in [2.75, 3.05) is 5.32 Å². The van der Waals surface area contributed by atoms with Crippen LogP contribution in [0.1, 0.15) is 11.8 Å². The zero-order chi connectivity index (χ0) is 13.8. The highest BCUT2D eigenvalue weighted by atomic mass is 32.1. The second kappa shape index (κ2) is 5.49. The number of aromatic hydroxyl groups is 2. The Bertz CT molecular complexity index is 637. The Morgan fingerprint density at radius 2 is 2.26 bits per heavy atom. The lowest BCUT2D eigenvalue weighted by Gasteiger charge is -1.93. The van der Waals surface area contributed by atoms with E-state index in [1.807, 2.05) is 0 Å². The van der Waals surface area contributed by atoms with Gasteiger partial charge in [-0.3, -0.25) is 9.79 Å². The van der Waals surface area contributed by atoms with Crippen LogP contribution in [-0.4, -0.2) is 27.3 Å². The van der Waals surface area contributed by atoms with E-state index in [0.717, 1.165) is 11.3 Å². The smallest absolute Gasteiger partial charge is 0.233 e. The van der Waals surface area contributed by atoms with Crippen LogP contribution in [0.25, 0.3) is 0 Å². The molecule has 1 amide bonds. The largest absolute Gasteiger partial charge is 0.508 e. The summed E-state index contributed by atoms with van der Waals surface area (Å²) in [6.07, 6.45) is 1.42. The van der Waals surface area contributed by atoms with Crippen LogP contribution in [0.4, 0.5) is 10.8 Å². The van der Waals surface area contributed by atoms with Crippen LogP contribution in [0.15, 0.2) is 29.3 Å². The van der Waals surface area contributed by atoms with E-state index in [9.17, 15) is 15.0 Å². The Kier molecular flexibility index (Phi) is 3.76. The van der Waals surface area contributed by atoms with E-state index in [-0.39, 0.29) is 17.5 Å². The molecule has 0 bridgehead atoms. The molecule has 1 aromatic carbocycles. The third kappa shape index (κ3) is 3.52. The van der Waals surface area contributed by atoms with Crippen molar-refractivity contribution < 1.29 is 15.0 Å². The third-order valence-electron chi connectivity index (χ3n) is 2.08. The zero-order valence-electron chi connectivity index (χ0n) is 9.99. The van der Waals surface area contributed by atoms with Crippen LogP contribution in [0.5, 0.6) is 11.6 Å². The van der Waals surface area contributed by atoms with Gasteiger partial charge in [-0.2, -0.15) is 4.98 Å². The van der Waals surface area contributed by atoms with Gasteiger partial charge in [-0.15, -0.1) is 0 Å². The molecule has 0 radical (unpaired) electrons. The molecule has 1 aromatic heterocycles. The number of carbonyl (C=O) groups is 1. The van der Waals surface area contributed by atoms with Crippen molar-refractivity contribution in [1.29, 1.82) is 0 Å². The fourth-order valence-corrected chi connectivity index (χ4v) is 2.10. The van der Waals surface area contributed by atoms with E-state index in [4.69, 9.17) is 0 Å². The Balaban J connectivity index is 2.19. The predicted octanol–water partition coefficient (Wildman–Crippen LogP) is 2.26. The minimum Gasteiger partial charge on any atom is -0.508 e. The summed E-state index contributed by atoms with van der Waals surface area (Å²) in [6, 6.07) is 6.40. The highest BCUT2D eigenvalue weighted by Gasteiger charge is 2.09. The first-order valence-electron chi connectivity index (χ1n) is 5.35. The van der Waals surface area contributed by atoms with Crippen LogP contribution < -0.4 is 5.32 Å². The molecule has 0 aliphatic rings. The molecule has 0 fully saturated rings. The molecule has 0 saturated heterocycles. The average Bonchev–Trinajstić information content (AvgIpc) is 2.66. The molecule has 2 aromatic rings. The second-order valence-corrected chi connectivity index (χ2v) is 4.70. The maximum absolute atomic E-state index is 10.9. The predicted molar refractivity (Wildman–Crippen MR) is 73.4 cm³/mol.